The molecule has 18 heavy (non-hydrogen) atoms. The van der Waals surface area contributed by atoms with Crippen molar-refractivity contribution >= 4 is 10.9 Å². The van der Waals surface area contributed by atoms with Crippen LogP contribution in [0.15, 0.2) is 48.5 Å². The van der Waals surface area contributed by atoms with Crippen LogP contribution in [0.2, 0.25) is 0 Å². The highest BCUT2D eigenvalue weighted by atomic mass is 19.1. The Bertz CT molecular complexity index is 670. The molecular formula is C15H12FNO. The molecule has 0 aliphatic heterocycles. The zero-order chi connectivity index (χ0) is 12.5. The van der Waals surface area contributed by atoms with Crippen LogP contribution in [0, 0.1) is 5.82 Å². The molecule has 0 radical (unpaired) electrons. The highest BCUT2D eigenvalue weighted by molar-refractivity contribution is 5.85. The third-order valence-electron chi connectivity index (χ3n) is 2.99. The summed E-state index contributed by atoms with van der Waals surface area (Å²) in [5.74, 6) is -0.0940. The van der Waals surface area contributed by atoms with Crippen LogP contribution in [0.4, 0.5) is 4.39 Å². The van der Waals surface area contributed by atoms with Crippen LogP contribution >= 0.6 is 0 Å². The van der Waals surface area contributed by atoms with Gasteiger partial charge in [-0.2, -0.15) is 0 Å². The van der Waals surface area contributed by atoms with Gasteiger partial charge in [-0.15, -0.1) is 0 Å². The fourth-order valence-electron chi connectivity index (χ4n) is 2.06. The molecule has 3 heteroatoms. The molecule has 0 atom stereocenters. The van der Waals surface area contributed by atoms with E-state index in [1.54, 1.807) is 6.07 Å². The number of hydrogen-bond acceptors (Lipinski definition) is 1. The van der Waals surface area contributed by atoms with Gasteiger partial charge >= 0.3 is 0 Å². The summed E-state index contributed by atoms with van der Waals surface area (Å²) < 4.78 is 18.6. The summed E-state index contributed by atoms with van der Waals surface area (Å²) in [7, 11) is 1.46. The topological polar surface area (TPSA) is 25.0 Å². The highest BCUT2D eigenvalue weighted by Crippen LogP contribution is 2.27. The first-order valence-corrected chi connectivity index (χ1v) is 5.69. The minimum atomic E-state index is -0.353. The number of para-hydroxylation sites is 1. The number of rotatable bonds is 2. The van der Waals surface area contributed by atoms with Gasteiger partial charge in [0, 0.05) is 22.2 Å². The van der Waals surface area contributed by atoms with E-state index in [0.717, 1.165) is 22.2 Å². The van der Waals surface area contributed by atoms with E-state index in [4.69, 9.17) is 4.74 Å². The summed E-state index contributed by atoms with van der Waals surface area (Å²) in [6.07, 6.45) is 0. The Morgan fingerprint density at radius 1 is 1.06 bits per heavy atom. The van der Waals surface area contributed by atoms with Gasteiger partial charge in [0.15, 0.2) is 11.6 Å². The maximum atomic E-state index is 13.7. The van der Waals surface area contributed by atoms with Gasteiger partial charge in [0.1, 0.15) is 0 Å². The fourth-order valence-corrected chi connectivity index (χ4v) is 2.06. The van der Waals surface area contributed by atoms with Gasteiger partial charge in [-0.25, -0.2) is 4.39 Å². The Kier molecular flexibility index (Phi) is 2.52. The normalized spacial score (nSPS) is 10.8. The zero-order valence-electron chi connectivity index (χ0n) is 9.91. The minimum absolute atomic E-state index is 0.259. The number of halogens is 1. The number of aromatic amines is 1. The van der Waals surface area contributed by atoms with E-state index in [1.807, 2.05) is 36.4 Å². The Morgan fingerprint density at radius 3 is 2.61 bits per heavy atom. The lowest BCUT2D eigenvalue weighted by molar-refractivity contribution is 0.386. The molecule has 2 aromatic carbocycles. The molecule has 1 N–H and O–H groups in total. The van der Waals surface area contributed by atoms with Crippen molar-refractivity contribution in [2.45, 2.75) is 0 Å². The quantitative estimate of drug-likeness (QED) is 0.721. The first kappa shape index (κ1) is 10.8. The van der Waals surface area contributed by atoms with Crippen LogP contribution in [0.1, 0.15) is 0 Å². The number of H-pyrrole nitrogens is 1. The van der Waals surface area contributed by atoms with Crippen molar-refractivity contribution in [3.8, 4) is 17.0 Å². The maximum Gasteiger partial charge on any atom is 0.165 e. The second-order valence-corrected chi connectivity index (χ2v) is 4.12. The van der Waals surface area contributed by atoms with E-state index in [0.29, 0.717) is 0 Å². The third kappa shape index (κ3) is 1.74. The average Bonchev–Trinajstić information content (AvgIpc) is 2.82. The van der Waals surface area contributed by atoms with E-state index >= 15 is 0 Å². The first-order chi connectivity index (χ1) is 8.78. The largest absolute Gasteiger partial charge is 0.494 e. The maximum absolute atomic E-state index is 13.7. The van der Waals surface area contributed by atoms with Gasteiger partial charge in [0.25, 0.3) is 0 Å². The van der Waals surface area contributed by atoms with E-state index in [9.17, 15) is 4.39 Å². The molecule has 0 amide bonds. The molecule has 0 fully saturated rings. The summed E-state index contributed by atoms with van der Waals surface area (Å²) in [4.78, 5) is 3.27. The summed E-state index contributed by atoms with van der Waals surface area (Å²) in [6.45, 7) is 0. The summed E-state index contributed by atoms with van der Waals surface area (Å²) in [5.41, 5.74) is 2.76. The number of ether oxygens (including phenoxy) is 1. The SMILES string of the molecule is COc1ccc(-c2cc3ccccc3[nH]2)cc1F. The molecule has 0 bridgehead atoms. The molecule has 0 unspecified atom stereocenters. The van der Waals surface area contributed by atoms with Crippen LogP contribution in [0.5, 0.6) is 5.75 Å². The summed E-state index contributed by atoms with van der Waals surface area (Å²) in [5, 5.41) is 1.11. The summed E-state index contributed by atoms with van der Waals surface area (Å²) >= 11 is 0. The molecule has 0 aliphatic carbocycles. The van der Waals surface area contributed by atoms with Crippen molar-refractivity contribution in [1.82, 2.24) is 4.98 Å². The minimum Gasteiger partial charge on any atom is -0.494 e. The highest BCUT2D eigenvalue weighted by Gasteiger charge is 2.07. The van der Waals surface area contributed by atoms with Crippen molar-refractivity contribution in [2.24, 2.45) is 0 Å². The van der Waals surface area contributed by atoms with Gasteiger partial charge < -0.3 is 9.72 Å². The molecule has 2 nitrogen and oxygen atoms in total. The molecule has 90 valence electrons. The molecule has 0 spiro atoms. The molecule has 0 aliphatic rings. The van der Waals surface area contributed by atoms with Crippen LogP contribution in [-0.4, -0.2) is 12.1 Å². The van der Waals surface area contributed by atoms with Gasteiger partial charge in [-0.3, -0.25) is 0 Å². The predicted octanol–water partition coefficient (Wildman–Crippen LogP) is 3.98. The molecular weight excluding hydrogens is 229 g/mol. The second-order valence-electron chi connectivity index (χ2n) is 4.12. The number of aromatic nitrogens is 1. The molecule has 3 aromatic rings. The number of hydrogen-bond donors (Lipinski definition) is 1. The monoisotopic (exact) mass is 241 g/mol. The van der Waals surface area contributed by atoms with E-state index < -0.39 is 0 Å². The number of fused-ring (bicyclic) bond motifs is 1. The van der Waals surface area contributed by atoms with Crippen molar-refractivity contribution in [1.29, 1.82) is 0 Å². The van der Waals surface area contributed by atoms with Crippen LogP contribution in [0.3, 0.4) is 0 Å². The van der Waals surface area contributed by atoms with Gasteiger partial charge in [-0.05, 0) is 30.3 Å². The third-order valence-corrected chi connectivity index (χ3v) is 2.99. The summed E-state index contributed by atoms with van der Waals surface area (Å²) in [6, 6.07) is 14.9. The molecule has 0 saturated heterocycles. The van der Waals surface area contributed by atoms with Gasteiger partial charge in [-0.1, -0.05) is 18.2 Å². The van der Waals surface area contributed by atoms with Crippen LogP contribution in [0.25, 0.3) is 22.2 Å². The lowest BCUT2D eigenvalue weighted by Crippen LogP contribution is -1.88. The Labute approximate surface area is 104 Å². The number of methoxy groups -OCH3 is 1. The standard InChI is InChI=1S/C15H12FNO/c1-18-15-7-6-11(8-12(15)16)14-9-10-4-2-3-5-13(10)17-14/h2-9,17H,1H3. The Balaban J connectivity index is 2.11. The average molecular weight is 241 g/mol. The van der Waals surface area contributed by atoms with Crippen LogP contribution < -0.4 is 4.74 Å². The fraction of sp³-hybridized carbons (Fsp3) is 0.0667. The molecule has 0 saturated carbocycles. The van der Waals surface area contributed by atoms with E-state index in [2.05, 4.69) is 4.98 Å². The zero-order valence-corrected chi connectivity index (χ0v) is 9.91. The Hall–Kier alpha value is -2.29. The van der Waals surface area contributed by atoms with E-state index in [-0.39, 0.29) is 11.6 Å². The lowest BCUT2D eigenvalue weighted by atomic mass is 10.1. The van der Waals surface area contributed by atoms with Crippen molar-refractivity contribution in [3.05, 3.63) is 54.3 Å². The van der Waals surface area contributed by atoms with Gasteiger partial charge in [0.2, 0.25) is 0 Å². The Morgan fingerprint density at radius 2 is 1.89 bits per heavy atom. The molecule has 1 aromatic heterocycles. The number of benzene rings is 2. The van der Waals surface area contributed by atoms with E-state index in [1.165, 1.54) is 13.2 Å². The lowest BCUT2D eigenvalue weighted by Gasteiger charge is -2.03. The van der Waals surface area contributed by atoms with Crippen molar-refractivity contribution in [2.75, 3.05) is 7.11 Å². The molecule has 1 heterocycles. The second kappa shape index (κ2) is 4.18. The van der Waals surface area contributed by atoms with Crippen LogP contribution in [-0.2, 0) is 0 Å². The van der Waals surface area contributed by atoms with Gasteiger partial charge in [0.05, 0.1) is 7.11 Å². The smallest absolute Gasteiger partial charge is 0.165 e. The molecule has 3 rings (SSSR count). The van der Waals surface area contributed by atoms with Crippen molar-refractivity contribution < 1.29 is 9.13 Å². The van der Waals surface area contributed by atoms with Crippen molar-refractivity contribution in [3.63, 3.8) is 0 Å². The first-order valence-electron chi connectivity index (χ1n) is 5.69. The predicted molar refractivity (Wildman–Crippen MR) is 70.2 cm³/mol. The number of nitrogens with one attached hydrogen (secondary N) is 1.